The van der Waals surface area contributed by atoms with Gasteiger partial charge in [0.05, 0.1) is 17.6 Å². The van der Waals surface area contributed by atoms with Crippen LogP contribution >= 0.6 is 0 Å². The standard InChI is InChI=1S/C33H52N6O3S/c1-22-10-7-11-23(2)31(22)28-17-30-37-32(36-28)38-43(40,41)27-14-8-12-24(16-27)19-39(26(21-42-30)18-33(3,4)5)20-25-13-9-15-29(34-6)35-25/h7,9-11,13,15,24,26-28,30,32,36-38H,8,12,14,16-21H2,1-6H3,(H,34,35)/t24?,26-,27?,28?,30?,32?/m1/s1. The molecule has 1 aromatic carbocycles. The Morgan fingerprint density at radius 1 is 1.05 bits per heavy atom. The lowest BCUT2D eigenvalue weighted by molar-refractivity contribution is -0.0517. The van der Waals surface area contributed by atoms with E-state index in [1.807, 2.05) is 19.2 Å². The number of hydrogen-bond donors (Lipinski definition) is 4. The average Bonchev–Trinajstić information content (AvgIpc) is 2.94. The van der Waals surface area contributed by atoms with E-state index in [4.69, 9.17) is 9.72 Å². The molecular weight excluding hydrogens is 560 g/mol. The van der Waals surface area contributed by atoms with Crippen LogP contribution in [0.5, 0.6) is 0 Å². The molecule has 10 heteroatoms. The van der Waals surface area contributed by atoms with E-state index >= 15 is 0 Å². The molecule has 1 aliphatic carbocycles. The zero-order valence-electron chi connectivity index (χ0n) is 26.8. The molecule has 1 aromatic heterocycles. The molecule has 2 aliphatic heterocycles. The highest BCUT2D eigenvalue weighted by Crippen LogP contribution is 2.34. The van der Waals surface area contributed by atoms with Crippen molar-refractivity contribution < 1.29 is 13.2 Å². The van der Waals surface area contributed by atoms with Crippen LogP contribution in [0.1, 0.15) is 87.7 Å². The van der Waals surface area contributed by atoms with Crippen LogP contribution in [-0.2, 0) is 21.3 Å². The zero-order valence-corrected chi connectivity index (χ0v) is 27.6. The molecule has 2 aromatic rings. The molecule has 238 valence electrons. The van der Waals surface area contributed by atoms with Crippen molar-refractivity contribution in [2.45, 2.75) is 110 Å². The van der Waals surface area contributed by atoms with E-state index in [9.17, 15) is 8.42 Å². The first-order chi connectivity index (χ1) is 20.4. The van der Waals surface area contributed by atoms with E-state index < -0.39 is 21.6 Å². The lowest BCUT2D eigenvalue weighted by Gasteiger charge is -2.41. The first-order valence-electron chi connectivity index (χ1n) is 16.0. The van der Waals surface area contributed by atoms with E-state index in [1.54, 1.807) is 0 Å². The number of anilines is 1. The van der Waals surface area contributed by atoms with Gasteiger partial charge in [-0.2, -0.15) is 4.72 Å². The number of rotatable bonds is 5. The fourth-order valence-electron chi connectivity index (χ4n) is 7.31. The van der Waals surface area contributed by atoms with Gasteiger partial charge in [0.15, 0.2) is 0 Å². The summed E-state index contributed by atoms with van der Waals surface area (Å²) in [7, 11) is -1.68. The fraction of sp³-hybridized carbons (Fsp3) is 0.667. The number of ether oxygens (including phenoxy) is 1. The molecule has 2 saturated heterocycles. The van der Waals surface area contributed by atoms with Gasteiger partial charge in [-0.05, 0) is 79.7 Å². The van der Waals surface area contributed by atoms with Crippen molar-refractivity contribution in [2.24, 2.45) is 11.3 Å². The number of hydrogen-bond acceptors (Lipinski definition) is 8. The minimum Gasteiger partial charge on any atom is -0.373 e. The van der Waals surface area contributed by atoms with Crippen molar-refractivity contribution in [1.29, 1.82) is 0 Å². The summed E-state index contributed by atoms with van der Waals surface area (Å²) < 4.78 is 37.4. The Labute approximate surface area is 259 Å². The Morgan fingerprint density at radius 2 is 1.79 bits per heavy atom. The molecule has 3 fully saturated rings. The second-order valence-electron chi connectivity index (χ2n) is 14.1. The molecule has 0 spiro atoms. The molecule has 3 heterocycles. The van der Waals surface area contributed by atoms with E-state index in [0.717, 1.165) is 37.3 Å². The van der Waals surface area contributed by atoms with Crippen molar-refractivity contribution in [3.8, 4) is 0 Å². The van der Waals surface area contributed by atoms with Gasteiger partial charge in [0, 0.05) is 38.6 Å². The highest BCUT2D eigenvalue weighted by atomic mass is 32.2. The van der Waals surface area contributed by atoms with Crippen LogP contribution in [-0.4, -0.2) is 62.3 Å². The van der Waals surface area contributed by atoms with Crippen molar-refractivity contribution in [3.05, 3.63) is 58.8 Å². The van der Waals surface area contributed by atoms with E-state index in [1.165, 1.54) is 16.7 Å². The maximum Gasteiger partial charge on any atom is 0.216 e. The summed E-state index contributed by atoms with van der Waals surface area (Å²) in [5.74, 6) is 1.14. The number of aryl methyl sites for hydroxylation is 2. The smallest absolute Gasteiger partial charge is 0.216 e. The van der Waals surface area contributed by atoms with Gasteiger partial charge in [0.2, 0.25) is 10.0 Å². The van der Waals surface area contributed by atoms with Crippen molar-refractivity contribution in [2.75, 3.05) is 25.5 Å². The fourth-order valence-corrected chi connectivity index (χ4v) is 8.97. The molecule has 5 unspecified atom stereocenters. The van der Waals surface area contributed by atoms with Crippen molar-refractivity contribution in [3.63, 3.8) is 0 Å². The predicted octanol–water partition coefficient (Wildman–Crippen LogP) is 4.79. The van der Waals surface area contributed by atoms with Gasteiger partial charge in [-0.1, -0.05) is 51.5 Å². The Morgan fingerprint density at radius 3 is 2.51 bits per heavy atom. The molecule has 9 nitrogen and oxygen atoms in total. The maximum absolute atomic E-state index is 13.8. The second-order valence-corrected chi connectivity index (χ2v) is 16.1. The van der Waals surface area contributed by atoms with Crippen molar-refractivity contribution >= 4 is 15.8 Å². The van der Waals surface area contributed by atoms with Gasteiger partial charge in [0.25, 0.3) is 0 Å². The molecule has 0 radical (unpaired) electrons. The van der Waals surface area contributed by atoms with Crippen LogP contribution in [0.25, 0.3) is 0 Å². The SMILES string of the molecule is CNc1cccc(CN2CC3CCCC(C3)S(=O)(=O)NC3NC(CC(c4c(C)cccc4C)N3)OC[C@H]2CC(C)(C)C)n1. The topological polar surface area (TPSA) is 108 Å². The zero-order chi connectivity index (χ0) is 30.8. The third-order valence-electron chi connectivity index (χ3n) is 9.29. The Hall–Kier alpha value is -2.08. The van der Waals surface area contributed by atoms with Gasteiger partial charge < -0.3 is 10.1 Å². The highest BCUT2D eigenvalue weighted by Gasteiger charge is 2.39. The lowest BCUT2D eigenvalue weighted by atomic mass is 9.85. The molecule has 4 bridgehead atoms. The van der Waals surface area contributed by atoms with Gasteiger partial charge in [-0.25, -0.2) is 13.4 Å². The normalized spacial score (nSPS) is 30.5. The highest BCUT2D eigenvalue weighted by molar-refractivity contribution is 7.90. The monoisotopic (exact) mass is 612 g/mol. The van der Waals surface area contributed by atoms with Crippen LogP contribution in [0.3, 0.4) is 0 Å². The summed E-state index contributed by atoms with van der Waals surface area (Å²) >= 11 is 0. The number of aromatic nitrogens is 1. The first-order valence-corrected chi connectivity index (χ1v) is 17.5. The summed E-state index contributed by atoms with van der Waals surface area (Å²) in [6, 6.07) is 12.5. The molecule has 1 saturated carbocycles. The number of fused-ring (bicyclic) bond motifs is 4. The van der Waals surface area contributed by atoms with Gasteiger partial charge >= 0.3 is 0 Å². The van der Waals surface area contributed by atoms with Crippen LogP contribution in [0.15, 0.2) is 36.4 Å². The van der Waals surface area contributed by atoms with Crippen LogP contribution in [0, 0.1) is 25.2 Å². The van der Waals surface area contributed by atoms with E-state index in [-0.39, 0.29) is 29.6 Å². The summed E-state index contributed by atoms with van der Waals surface area (Å²) in [6.07, 6.45) is 4.03. The number of sulfonamides is 1. The maximum atomic E-state index is 13.8. The van der Waals surface area contributed by atoms with Gasteiger partial charge in [-0.15, -0.1) is 0 Å². The van der Waals surface area contributed by atoms with Gasteiger partial charge in [-0.3, -0.25) is 15.5 Å². The Kier molecular flexibility index (Phi) is 10.1. The van der Waals surface area contributed by atoms with Crippen LogP contribution in [0.2, 0.25) is 0 Å². The molecule has 0 amide bonds. The Bertz CT molecular complexity index is 1330. The van der Waals surface area contributed by atoms with Crippen LogP contribution in [0.4, 0.5) is 5.82 Å². The number of nitrogens with zero attached hydrogens (tertiary/aromatic N) is 2. The quantitative estimate of drug-likeness (QED) is 0.382. The number of pyridine rings is 1. The minimum absolute atomic E-state index is 0.0463. The third kappa shape index (κ3) is 8.35. The Balaban J connectivity index is 1.50. The number of benzene rings is 1. The molecule has 6 atom stereocenters. The summed E-state index contributed by atoms with van der Waals surface area (Å²) in [4.78, 5) is 7.38. The lowest BCUT2D eigenvalue weighted by Crippen LogP contribution is -2.64. The molecule has 5 rings (SSSR count). The molecule has 4 N–H and O–H groups in total. The predicted molar refractivity (Wildman–Crippen MR) is 173 cm³/mol. The largest absolute Gasteiger partial charge is 0.373 e. The number of nitrogens with one attached hydrogen (secondary N) is 4. The average molecular weight is 613 g/mol. The van der Waals surface area contributed by atoms with E-state index in [2.05, 4.69) is 84.5 Å². The summed E-state index contributed by atoms with van der Waals surface area (Å²) in [6.45, 7) is 13.2. The summed E-state index contributed by atoms with van der Waals surface area (Å²) in [5.41, 5.74) is 4.70. The van der Waals surface area contributed by atoms with Crippen molar-refractivity contribution in [1.82, 2.24) is 25.2 Å². The summed E-state index contributed by atoms with van der Waals surface area (Å²) in [5, 5.41) is 9.79. The molecular formula is C33H52N6O3S. The molecule has 3 aliphatic rings. The minimum atomic E-state index is -3.57. The first kappa shape index (κ1) is 32.3. The van der Waals surface area contributed by atoms with Crippen LogP contribution < -0.4 is 20.7 Å². The van der Waals surface area contributed by atoms with Gasteiger partial charge in [0.1, 0.15) is 18.3 Å². The molecule has 43 heavy (non-hydrogen) atoms. The second kappa shape index (κ2) is 13.5. The third-order valence-corrected chi connectivity index (χ3v) is 11.2. The van der Waals surface area contributed by atoms with E-state index in [0.29, 0.717) is 32.4 Å².